The highest BCUT2D eigenvalue weighted by molar-refractivity contribution is 9.10. The summed E-state index contributed by atoms with van der Waals surface area (Å²) < 4.78 is 7.41. The molecule has 4 aromatic rings. The van der Waals surface area contributed by atoms with Crippen molar-refractivity contribution < 1.29 is 4.74 Å². The first-order valence-corrected chi connectivity index (χ1v) is 13.2. The number of rotatable bonds is 9. The quantitative estimate of drug-likeness (QED) is 0.239. The minimum atomic E-state index is 0.486. The summed E-state index contributed by atoms with van der Waals surface area (Å²) >= 11 is 3.71. The number of imidazole rings is 1. The summed E-state index contributed by atoms with van der Waals surface area (Å²) in [5.74, 6) is 1.77. The lowest BCUT2D eigenvalue weighted by molar-refractivity contribution is 0.142. The Bertz CT molecular complexity index is 1280. The van der Waals surface area contributed by atoms with Gasteiger partial charge in [0, 0.05) is 41.2 Å². The molecule has 0 unspecified atom stereocenters. The highest BCUT2D eigenvalue weighted by Gasteiger charge is 2.16. The van der Waals surface area contributed by atoms with Gasteiger partial charge in [-0.3, -0.25) is 4.90 Å². The number of aromatic nitrogens is 2. The Kier molecular flexibility index (Phi) is 7.98. The molecule has 0 aliphatic heterocycles. The van der Waals surface area contributed by atoms with Crippen molar-refractivity contribution in [3.63, 3.8) is 0 Å². The van der Waals surface area contributed by atoms with Crippen molar-refractivity contribution in [3.05, 3.63) is 81.3 Å². The summed E-state index contributed by atoms with van der Waals surface area (Å²) in [6.07, 6.45) is 0.774. The van der Waals surface area contributed by atoms with Crippen LogP contribution in [0.5, 0.6) is 5.75 Å². The lowest BCUT2D eigenvalue weighted by Gasteiger charge is -2.30. The average molecular weight is 535 g/mol. The first kappa shape index (κ1) is 25.5. The van der Waals surface area contributed by atoms with Gasteiger partial charge < -0.3 is 9.72 Å². The van der Waals surface area contributed by atoms with E-state index in [0.717, 1.165) is 51.2 Å². The fourth-order valence-corrected chi connectivity index (χ4v) is 5.28. The number of halogens is 1. The number of H-pyrrole nitrogens is 1. The fraction of sp³-hybridized carbons (Fsp3) is 0.367. The van der Waals surface area contributed by atoms with Crippen molar-refractivity contribution in [2.75, 3.05) is 13.2 Å². The van der Waals surface area contributed by atoms with Crippen LogP contribution >= 0.6 is 15.9 Å². The van der Waals surface area contributed by atoms with Crippen LogP contribution in [-0.2, 0) is 6.42 Å². The van der Waals surface area contributed by atoms with Gasteiger partial charge in [0.1, 0.15) is 18.2 Å². The van der Waals surface area contributed by atoms with E-state index in [-0.39, 0.29) is 0 Å². The normalized spacial score (nSPS) is 11.8. The topological polar surface area (TPSA) is 41.1 Å². The monoisotopic (exact) mass is 533 g/mol. The third-order valence-electron chi connectivity index (χ3n) is 6.42. The lowest BCUT2D eigenvalue weighted by atomic mass is 10.0. The third-order valence-corrected chi connectivity index (χ3v) is 7.19. The number of benzene rings is 3. The Hall–Kier alpha value is -2.63. The van der Waals surface area contributed by atoms with Crippen molar-refractivity contribution in [1.82, 2.24) is 14.9 Å². The number of hydrogen-bond donors (Lipinski definition) is 1. The van der Waals surface area contributed by atoms with Crippen LogP contribution < -0.4 is 4.74 Å². The van der Waals surface area contributed by atoms with Crippen molar-refractivity contribution in [3.8, 4) is 17.1 Å². The van der Waals surface area contributed by atoms with Gasteiger partial charge in [0.15, 0.2) is 0 Å². The second kappa shape index (κ2) is 11.0. The van der Waals surface area contributed by atoms with E-state index < -0.39 is 0 Å². The maximum atomic E-state index is 6.31. The average Bonchev–Trinajstić information content (AvgIpc) is 3.22. The molecule has 0 saturated carbocycles. The minimum absolute atomic E-state index is 0.486. The molecule has 0 aliphatic carbocycles. The third kappa shape index (κ3) is 6.14. The highest BCUT2D eigenvalue weighted by Crippen LogP contribution is 2.31. The number of nitrogens with zero attached hydrogens (tertiary/aromatic N) is 2. The summed E-state index contributed by atoms with van der Waals surface area (Å²) in [6, 6.07) is 20.1. The van der Waals surface area contributed by atoms with E-state index in [9.17, 15) is 0 Å². The Morgan fingerprint density at radius 2 is 1.60 bits per heavy atom. The van der Waals surface area contributed by atoms with Gasteiger partial charge in [0.25, 0.3) is 0 Å². The van der Waals surface area contributed by atoms with E-state index in [2.05, 4.69) is 116 Å². The van der Waals surface area contributed by atoms with E-state index in [1.165, 1.54) is 16.7 Å². The first-order chi connectivity index (χ1) is 16.7. The molecule has 0 radical (unpaired) electrons. The molecule has 4 nitrogen and oxygen atoms in total. The predicted molar refractivity (Wildman–Crippen MR) is 150 cm³/mol. The smallest absolute Gasteiger partial charge is 0.138 e. The van der Waals surface area contributed by atoms with Gasteiger partial charge in [0.05, 0.1) is 11.0 Å². The number of nitrogens with one attached hydrogen (secondary N) is 1. The molecule has 4 rings (SSSR count). The first-order valence-electron chi connectivity index (χ1n) is 12.4. The van der Waals surface area contributed by atoms with Gasteiger partial charge >= 0.3 is 0 Å². The van der Waals surface area contributed by atoms with Crippen LogP contribution in [0.25, 0.3) is 22.4 Å². The zero-order valence-electron chi connectivity index (χ0n) is 21.7. The summed E-state index contributed by atoms with van der Waals surface area (Å²) in [5, 5.41) is 0. The van der Waals surface area contributed by atoms with E-state index >= 15 is 0 Å². The zero-order valence-corrected chi connectivity index (χ0v) is 23.2. The molecule has 0 bridgehead atoms. The summed E-state index contributed by atoms with van der Waals surface area (Å²) in [4.78, 5) is 11.1. The summed E-state index contributed by atoms with van der Waals surface area (Å²) in [5.41, 5.74) is 7.96. The molecule has 0 fully saturated rings. The maximum Gasteiger partial charge on any atom is 0.138 e. The molecular formula is C30H36BrN3O. The van der Waals surface area contributed by atoms with Crippen LogP contribution in [0, 0.1) is 13.8 Å². The molecule has 0 spiro atoms. The Balaban J connectivity index is 1.70. The Labute approximate surface area is 217 Å². The summed E-state index contributed by atoms with van der Waals surface area (Å²) in [6.45, 7) is 14.7. The molecule has 184 valence electrons. The van der Waals surface area contributed by atoms with Crippen LogP contribution in [0.3, 0.4) is 0 Å². The van der Waals surface area contributed by atoms with Crippen LogP contribution in [0.1, 0.15) is 49.9 Å². The van der Waals surface area contributed by atoms with Crippen molar-refractivity contribution >= 4 is 27.0 Å². The molecule has 0 atom stereocenters. The van der Waals surface area contributed by atoms with E-state index in [1.54, 1.807) is 0 Å². The van der Waals surface area contributed by atoms with Crippen LogP contribution in [0.4, 0.5) is 0 Å². The molecule has 35 heavy (non-hydrogen) atoms. The van der Waals surface area contributed by atoms with E-state index in [4.69, 9.17) is 9.72 Å². The molecule has 1 aromatic heterocycles. The molecule has 3 aromatic carbocycles. The van der Waals surface area contributed by atoms with Crippen LogP contribution in [0.15, 0.2) is 59.1 Å². The Morgan fingerprint density at radius 3 is 2.26 bits per heavy atom. The number of aryl methyl sites for hydroxylation is 2. The minimum Gasteiger partial charge on any atom is -0.492 e. The van der Waals surface area contributed by atoms with Crippen molar-refractivity contribution in [1.29, 1.82) is 0 Å². The number of aromatic amines is 1. The zero-order chi connectivity index (χ0) is 25.1. The van der Waals surface area contributed by atoms with Gasteiger partial charge in [-0.05, 0) is 76.9 Å². The number of fused-ring (bicyclic) bond motifs is 1. The number of ether oxygens (including phenoxy) is 1. The SMILES string of the molecule is Cc1cc(C)cc(-c2nc3c(Cc4ccccc4Br)cc(OCCN(C(C)C)C(C)C)cc3[nH]2)c1. The largest absolute Gasteiger partial charge is 0.492 e. The fourth-order valence-electron chi connectivity index (χ4n) is 4.85. The predicted octanol–water partition coefficient (Wildman–Crippen LogP) is 7.70. The number of hydrogen-bond acceptors (Lipinski definition) is 3. The Morgan fingerprint density at radius 1 is 0.914 bits per heavy atom. The molecule has 5 heteroatoms. The van der Waals surface area contributed by atoms with Crippen LogP contribution in [-0.4, -0.2) is 40.1 Å². The molecule has 1 N–H and O–H groups in total. The highest BCUT2D eigenvalue weighted by atomic mass is 79.9. The van der Waals surface area contributed by atoms with Gasteiger partial charge in [-0.25, -0.2) is 4.98 Å². The van der Waals surface area contributed by atoms with Gasteiger partial charge in [0.2, 0.25) is 0 Å². The van der Waals surface area contributed by atoms with Gasteiger partial charge in [-0.1, -0.05) is 51.3 Å². The van der Waals surface area contributed by atoms with Gasteiger partial charge in [-0.2, -0.15) is 0 Å². The second-order valence-electron chi connectivity index (χ2n) is 9.98. The molecule has 0 aliphatic rings. The molecular weight excluding hydrogens is 498 g/mol. The second-order valence-corrected chi connectivity index (χ2v) is 10.8. The maximum absolute atomic E-state index is 6.31. The standard InChI is InChI=1S/C30H36BrN3O/c1-19(2)34(20(3)4)11-12-35-26-17-24(16-23-9-7-8-10-27(23)31)29-28(18-26)32-30(33-29)25-14-21(5)13-22(6)15-25/h7-10,13-15,17-20H,11-12,16H2,1-6H3,(H,32,33). The van der Waals surface area contributed by atoms with E-state index in [0.29, 0.717) is 18.7 Å². The van der Waals surface area contributed by atoms with Crippen LogP contribution in [0.2, 0.25) is 0 Å². The molecule has 0 amide bonds. The van der Waals surface area contributed by atoms with Crippen molar-refractivity contribution in [2.45, 2.75) is 60.0 Å². The molecule has 1 heterocycles. The summed E-state index contributed by atoms with van der Waals surface area (Å²) in [7, 11) is 0. The van der Waals surface area contributed by atoms with Crippen molar-refractivity contribution in [2.24, 2.45) is 0 Å². The van der Waals surface area contributed by atoms with Gasteiger partial charge in [-0.15, -0.1) is 0 Å². The molecule has 0 saturated heterocycles. The lowest BCUT2D eigenvalue weighted by Crippen LogP contribution is -2.39. The van der Waals surface area contributed by atoms with E-state index in [1.807, 2.05) is 6.07 Å².